The smallest absolute Gasteiger partial charge is 0.392 e. The molecule has 2 rings (SSSR count). The summed E-state index contributed by atoms with van der Waals surface area (Å²) in [5.41, 5.74) is -0.642. The van der Waals surface area contributed by atoms with Crippen molar-refractivity contribution < 1.29 is 22.4 Å². The second-order valence-electron chi connectivity index (χ2n) is 7.78. The van der Waals surface area contributed by atoms with Gasteiger partial charge < -0.3 is 4.43 Å². The van der Waals surface area contributed by atoms with Gasteiger partial charge in [0.05, 0.1) is 10.6 Å². The zero-order chi connectivity index (χ0) is 20.1. The summed E-state index contributed by atoms with van der Waals surface area (Å²) in [6, 6.07) is 1.69. The first-order valence-electron chi connectivity index (χ1n) is 8.08. The highest BCUT2D eigenvalue weighted by molar-refractivity contribution is 6.74. The van der Waals surface area contributed by atoms with Crippen molar-refractivity contribution in [2.75, 3.05) is 4.90 Å². The first kappa shape index (κ1) is 20.9. The predicted molar refractivity (Wildman–Crippen MR) is 97.3 cm³/mol. The van der Waals surface area contributed by atoms with Gasteiger partial charge in [0.25, 0.3) is 5.91 Å². The third kappa shape index (κ3) is 3.82. The molecule has 0 radical (unpaired) electrons. The average Bonchev–Trinajstić information content (AvgIpc) is 2.69. The van der Waals surface area contributed by atoms with Crippen LogP contribution in [0.1, 0.15) is 33.3 Å². The third-order valence-corrected chi connectivity index (χ3v) is 9.78. The van der Waals surface area contributed by atoms with Crippen LogP contribution in [0.3, 0.4) is 0 Å². The first-order chi connectivity index (χ1) is 11.7. The minimum Gasteiger partial charge on any atom is -0.392 e. The zero-order valence-electron chi connectivity index (χ0n) is 15.5. The van der Waals surface area contributed by atoms with Crippen LogP contribution < -0.4 is 4.90 Å². The lowest BCUT2D eigenvalue weighted by Crippen LogP contribution is -2.49. The van der Waals surface area contributed by atoms with Gasteiger partial charge in [0.15, 0.2) is 14.5 Å². The molecule has 144 valence electrons. The lowest BCUT2D eigenvalue weighted by Gasteiger charge is -2.40. The molecule has 0 N–H and O–H groups in total. The highest BCUT2D eigenvalue weighted by atomic mass is 35.5. The van der Waals surface area contributed by atoms with Crippen LogP contribution >= 0.6 is 11.6 Å². The van der Waals surface area contributed by atoms with Crippen molar-refractivity contribution in [1.82, 2.24) is 4.98 Å². The van der Waals surface area contributed by atoms with E-state index in [2.05, 4.69) is 4.98 Å². The second-order valence-corrected chi connectivity index (χ2v) is 12.9. The van der Waals surface area contributed by atoms with Crippen LogP contribution in [0.15, 0.2) is 28.9 Å². The van der Waals surface area contributed by atoms with E-state index >= 15 is 0 Å². The summed E-state index contributed by atoms with van der Waals surface area (Å²) in [6.45, 7) is 11.5. The topological polar surface area (TPSA) is 42.4 Å². The van der Waals surface area contributed by atoms with Crippen molar-refractivity contribution in [3.8, 4) is 0 Å². The van der Waals surface area contributed by atoms with Crippen molar-refractivity contribution in [2.45, 2.75) is 58.2 Å². The maximum absolute atomic E-state index is 13.0. The van der Waals surface area contributed by atoms with Gasteiger partial charge in [0.1, 0.15) is 5.82 Å². The lowest BCUT2D eigenvalue weighted by atomic mass is 10.2. The summed E-state index contributed by atoms with van der Waals surface area (Å²) < 4.78 is 45.4. The highest BCUT2D eigenvalue weighted by Crippen LogP contribution is 2.42. The van der Waals surface area contributed by atoms with Crippen molar-refractivity contribution in [1.29, 1.82) is 0 Å². The van der Waals surface area contributed by atoms with Gasteiger partial charge in [-0.25, -0.2) is 4.98 Å². The number of rotatable bonds is 3. The van der Waals surface area contributed by atoms with Crippen molar-refractivity contribution in [3.63, 3.8) is 0 Å². The van der Waals surface area contributed by atoms with E-state index < -0.39 is 32.2 Å². The summed E-state index contributed by atoms with van der Waals surface area (Å²) in [7, 11) is -2.36. The quantitative estimate of drug-likeness (QED) is 0.639. The van der Waals surface area contributed by atoms with Crippen molar-refractivity contribution in [2.24, 2.45) is 0 Å². The van der Waals surface area contributed by atoms with Crippen LogP contribution in [0.4, 0.5) is 19.0 Å². The van der Waals surface area contributed by atoms with E-state index in [1.807, 2.05) is 33.9 Å². The number of carbonyl (C=O) groups excluding carboxylic acids is 1. The molecular formula is C17H22ClF3N2O2Si. The number of aromatic nitrogens is 1. The Hall–Kier alpha value is -1.38. The van der Waals surface area contributed by atoms with Crippen LogP contribution in [0.25, 0.3) is 0 Å². The predicted octanol–water partition coefficient (Wildman–Crippen LogP) is 5.31. The fourth-order valence-corrected chi connectivity index (χ4v) is 3.63. The van der Waals surface area contributed by atoms with E-state index in [0.29, 0.717) is 0 Å². The monoisotopic (exact) mass is 406 g/mol. The standard InChI is InChI=1S/C17H22ClF3N2O2Si/c1-10-13(18)15(25-26(5,6)16(2,3)4)23(14(10)24)12-9-11(7-8-22-12)17(19,20)21/h7-9,15H,1-6H3. The number of hydrogen-bond acceptors (Lipinski definition) is 3. The Morgan fingerprint density at radius 1 is 1.27 bits per heavy atom. The molecule has 26 heavy (non-hydrogen) atoms. The number of halogens is 4. The molecule has 0 saturated heterocycles. The minimum atomic E-state index is -4.54. The first-order valence-corrected chi connectivity index (χ1v) is 11.4. The molecule has 0 bridgehead atoms. The minimum absolute atomic E-state index is 0.136. The number of alkyl halides is 3. The molecule has 2 heterocycles. The molecule has 0 fully saturated rings. The summed E-state index contributed by atoms with van der Waals surface area (Å²) >= 11 is 6.32. The number of nitrogens with zero attached hydrogens (tertiary/aromatic N) is 2. The fourth-order valence-electron chi connectivity index (χ4n) is 2.20. The second kappa shape index (κ2) is 6.65. The molecule has 1 aliphatic rings. The molecule has 1 unspecified atom stereocenters. The Morgan fingerprint density at radius 2 is 1.85 bits per heavy atom. The molecule has 1 amide bonds. The lowest BCUT2D eigenvalue weighted by molar-refractivity contribution is -0.137. The van der Waals surface area contributed by atoms with E-state index in [1.165, 1.54) is 6.92 Å². The molecule has 0 aliphatic carbocycles. The maximum Gasteiger partial charge on any atom is 0.416 e. The number of carbonyl (C=O) groups is 1. The van der Waals surface area contributed by atoms with E-state index in [0.717, 1.165) is 23.2 Å². The molecule has 1 aromatic heterocycles. The number of anilines is 1. The Labute approximate surface area is 157 Å². The van der Waals surface area contributed by atoms with E-state index in [9.17, 15) is 18.0 Å². The summed E-state index contributed by atoms with van der Waals surface area (Å²) in [6.07, 6.45) is -4.49. The van der Waals surface area contributed by atoms with Crippen molar-refractivity contribution in [3.05, 3.63) is 34.5 Å². The van der Waals surface area contributed by atoms with Crippen LogP contribution in [0.2, 0.25) is 18.1 Å². The molecule has 1 atom stereocenters. The molecule has 0 aromatic carbocycles. The van der Waals surface area contributed by atoms with Gasteiger partial charge in [-0.05, 0) is 37.2 Å². The van der Waals surface area contributed by atoms with Gasteiger partial charge in [-0.2, -0.15) is 13.2 Å². The van der Waals surface area contributed by atoms with Gasteiger partial charge in [-0.15, -0.1) is 0 Å². The van der Waals surface area contributed by atoms with Crippen LogP contribution in [-0.2, 0) is 15.4 Å². The van der Waals surface area contributed by atoms with Gasteiger partial charge in [0.2, 0.25) is 0 Å². The SMILES string of the molecule is CC1=C(Cl)C(O[Si](C)(C)C(C)(C)C)N(c2cc(C(F)(F)F)ccn2)C1=O. The molecule has 1 aromatic rings. The van der Waals surface area contributed by atoms with Crippen molar-refractivity contribution >= 4 is 31.6 Å². The van der Waals surface area contributed by atoms with E-state index in [1.54, 1.807) is 0 Å². The third-order valence-electron chi connectivity index (χ3n) is 4.88. The van der Waals surface area contributed by atoms with Crippen LogP contribution in [0, 0.1) is 0 Å². The Morgan fingerprint density at radius 3 is 2.35 bits per heavy atom. The van der Waals surface area contributed by atoms with Gasteiger partial charge >= 0.3 is 6.18 Å². The van der Waals surface area contributed by atoms with E-state index in [-0.39, 0.29) is 21.5 Å². The van der Waals surface area contributed by atoms with Crippen LogP contribution in [0.5, 0.6) is 0 Å². The molecule has 9 heteroatoms. The van der Waals surface area contributed by atoms with E-state index in [4.69, 9.17) is 16.0 Å². The van der Waals surface area contributed by atoms with Crippen LogP contribution in [-0.4, -0.2) is 25.4 Å². The molecule has 0 spiro atoms. The highest BCUT2D eigenvalue weighted by Gasteiger charge is 2.46. The Bertz CT molecular complexity index is 757. The number of pyridine rings is 1. The molecule has 4 nitrogen and oxygen atoms in total. The van der Waals surface area contributed by atoms with Gasteiger partial charge in [-0.3, -0.25) is 9.69 Å². The zero-order valence-corrected chi connectivity index (χ0v) is 17.3. The van der Waals surface area contributed by atoms with Gasteiger partial charge in [0, 0.05) is 11.8 Å². The molecular weight excluding hydrogens is 385 g/mol. The molecule has 1 aliphatic heterocycles. The Kier molecular flexibility index (Phi) is 5.35. The average molecular weight is 407 g/mol. The molecule has 0 saturated carbocycles. The fraction of sp³-hybridized carbons (Fsp3) is 0.529. The summed E-state index contributed by atoms with van der Waals surface area (Å²) in [4.78, 5) is 17.7. The number of hydrogen-bond donors (Lipinski definition) is 0. The Balaban J connectivity index is 2.48. The van der Waals surface area contributed by atoms with Gasteiger partial charge in [-0.1, -0.05) is 32.4 Å². The maximum atomic E-state index is 13.0. The number of amides is 1. The normalized spacial score (nSPS) is 19.5. The summed E-state index contributed by atoms with van der Waals surface area (Å²) in [5.74, 6) is -0.644. The summed E-state index contributed by atoms with van der Waals surface area (Å²) in [5, 5.41) is 0.00965. The largest absolute Gasteiger partial charge is 0.416 e.